The third-order valence-corrected chi connectivity index (χ3v) is 4.63. The van der Waals surface area contributed by atoms with Crippen LogP contribution in [0.4, 0.5) is 4.39 Å². The standard InChI is InChI=1S/C12H15ClFNO4S/c1-3-6-12(2,11(16)17)15-20(18,19)10-5-4-8(13)7-9(10)14/h4-5,7,15H,3,6H2,1-2H3,(H,16,17). The van der Waals surface area contributed by atoms with E-state index in [1.54, 1.807) is 6.92 Å². The van der Waals surface area contributed by atoms with Crippen LogP contribution in [0.3, 0.4) is 0 Å². The van der Waals surface area contributed by atoms with Gasteiger partial charge in [0.2, 0.25) is 10.0 Å². The molecule has 0 saturated carbocycles. The Balaban J connectivity index is 3.20. The van der Waals surface area contributed by atoms with Crippen LogP contribution in [0.1, 0.15) is 26.7 Å². The highest BCUT2D eigenvalue weighted by atomic mass is 35.5. The minimum atomic E-state index is -4.30. The summed E-state index contributed by atoms with van der Waals surface area (Å²) in [6.45, 7) is 2.96. The maximum absolute atomic E-state index is 13.7. The highest BCUT2D eigenvalue weighted by molar-refractivity contribution is 7.89. The largest absolute Gasteiger partial charge is 0.480 e. The normalized spacial score (nSPS) is 14.8. The van der Waals surface area contributed by atoms with Crippen molar-refractivity contribution in [1.29, 1.82) is 0 Å². The number of halogens is 2. The van der Waals surface area contributed by atoms with Crippen molar-refractivity contribution in [3.8, 4) is 0 Å². The Hall–Kier alpha value is -1.18. The first-order valence-corrected chi connectivity index (χ1v) is 7.71. The van der Waals surface area contributed by atoms with Gasteiger partial charge in [0.05, 0.1) is 0 Å². The second kappa shape index (κ2) is 6.07. The van der Waals surface area contributed by atoms with E-state index in [9.17, 15) is 17.6 Å². The number of carboxylic acids is 1. The Morgan fingerprint density at radius 3 is 2.55 bits per heavy atom. The van der Waals surface area contributed by atoms with Gasteiger partial charge in [-0.3, -0.25) is 4.79 Å². The van der Waals surface area contributed by atoms with Crippen molar-refractivity contribution in [3.05, 3.63) is 29.0 Å². The van der Waals surface area contributed by atoms with Gasteiger partial charge in [-0.15, -0.1) is 0 Å². The Morgan fingerprint density at radius 1 is 1.50 bits per heavy atom. The van der Waals surface area contributed by atoms with Gasteiger partial charge in [0, 0.05) is 5.02 Å². The number of carboxylic acid groups (broad SMARTS) is 1. The summed E-state index contributed by atoms with van der Waals surface area (Å²) >= 11 is 5.55. The number of rotatable bonds is 6. The van der Waals surface area contributed by atoms with Crippen LogP contribution in [0.2, 0.25) is 5.02 Å². The SMILES string of the molecule is CCCC(C)(NS(=O)(=O)c1ccc(Cl)cc1F)C(=O)O. The topological polar surface area (TPSA) is 83.5 Å². The van der Waals surface area contributed by atoms with E-state index >= 15 is 0 Å². The lowest BCUT2D eigenvalue weighted by Crippen LogP contribution is -2.52. The van der Waals surface area contributed by atoms with Gasteiger partial charge in [-0.2, -0.15) is 4.72 Å². The fourth-order valence-corrected chi connectivity index (χ4v) is 3.36. The number of benzene rings is 1. The highest BCUT2D eigenvalue weighted by Crippen LogP contribution is 2.22. The van der Waals surface area contributed by atoms with E-state index in [4.69, 9.17) is 16.7 Å². The van der Waals surface area contributed by atoms with Crippen molar-refractivity contribution in [1.82, 2.24) is 4.72 Å². The van der Waals surface area contributed by atoms with Crippen LogP contribution >= 0.6 is 11.6 Å². The predicted octanol–water partition coefficient (Wildman–Crippen LogP) is 2.40. The van der Waals surface area contributed by atoms with Crippen molar-refractivity contribution in [2.75, 3.05) is 0 Å². The molecule has 0 aromatic heterocycles. The number of nitrogens with one attached hydrogen (secondary N) is 1. The lowest BCUT2D eigenvalue weighted by molar-refractivity contribution is -0.143. The Bertz CT molecular complexity index is 620. The summed E-state index contributed by atoms with van der Waals surface area (Å²) in [6.07, 6.45) is 0.533. The van der Waals surface area contributed by atoms with Gasteiger partial charge in [0.15, 0.2) is 0 Å². The van der Waals surface area contributed by atoms with Crippen LogP contribution in [0.25, 0.3) is 0 Å². The molecular weight excluding hydrogens is 309 g/mol. The molecule has 0 aliphatic carbocycles. The smallest absolute Gasteiger partial charge is 0.324 e. The van der Waals surface area contributed by atoms with E-state index in [0.717, 1.165) is 12.1 Å². The number of aliphatic carboxylic acids is 1. The molecule has 5 nitrogen and oxygen atoms in total. The Labute approximate surface area is 121 Å². The molecule has 8 heteroatoms. The van der Waals surface area contributed by atoms with Crippen LogP contribution in [0.5, 0.6) is 0 Å². The van der Waals surface area contributed by atoms with Crippen LogP contribution in [0, 0.1) is 5.82 Å². The third-order valence-electron chi connectivity index (χ3n) is 2.77. The summed E-state index contributed by atoms with van der Waals surface area (Å²) in [5.41, 5.74) is -1.69. The minimum Gasteiger partial charge on any atom is -0.480 e. The molecule has 1 atom stereocenters. The Morgan fingerprint density at radius 2 is 2.10 bits per heavy atom. The van der Waals surface area contributed by atoms with E-state index in [-0.39, 0.29) is 11.4 Å². The molecule has 0 radical (unpaired) electrons. The second-order valence-electron chi connectivity index (χ2n) is 4.57. The van der Waals surface area contributed by atoms with E-state index in [1.807, 2.05) is 4.72 Å². The summed E-state index contributed by atoms with van der Waals surface area (Å²) in [5, 5.41) is 9.20. The van der Waals surface area contributed by atoms with E-state index in [2.05, 4.69) is 0 Å². The molecule has 0 amide bonds. The average molecular weight is 324 g/mol. The molecule has 1 aromatic rings. The maximum atomic E-state index is 13.7. The van der Waals surface area contributed by atoms with Crippen molar-refractivity contribution >= 4 is 27.6 Å². The first-order valence-electron chi connectivity index (χ1n) is 5.85. The first-order chi connectivity index (χ1) is 9.12. The zero-order valence-electron chi connectivity index (χ0n) is 11.0. The molecule has 0 spiro atoms. The number of carbonyl (C=O) groups is 1. The Kier molecular flexibility index (Phi) is 5.12. The van der Waals surface area contributed by atoms with Gasteiger partial charge in [-0.25, -0.2) is 12.8 Å². The van der Waals surface area contributed by atoms with Gasteiger partial charge in [-0.05, 0) is 31.5 Å². The zero-order chi connectivity index (χ0) is 15.6. The number of hydrogen-bond donors (Lipinski definition) is 2. The summed E-state index contributed by atoms with van der Waals surface area (Å²) in [6, 6.07) is 3.07. The molecule has 0 fully saturated rings. The molecule has 1 rings (SSSR count). The van der Waals surface area contributed by atoms with E-state index < -0.39 is 32.2 Å². The van der Waals surface area contributed by atoms with Crippen molar-refractivity contribution in [2.24, 2.45) is 0 Å². The van der Waals surface area contributed by atoms with E-state index in [1.165, 1.54) is 13.0 Å². The second-order valence-corrected chi connectivity index (χ2v) is 6.65. The molecule has 0 aliphatic rings. The van der Waals surface area contributed by atoms with Crippen LogP contribution < -0.4 is 4.72 Å². The maximum Gasteiger partial charge on any atom is 0.324 e. The molecule has 1 aromatic carbocycles. The van der Waals surface area contributed by atoms with Gasteiger partial charge in [0.1, 0.15) is 16.3 Å². The van der Waals surface area contributed by atoms with Gasteiger partial charge < -0.3 is 5.11 Å². The van der Waals surface area contributed by atoms with Crippen molar-refractivity contribution in [3.63, 3.8) is 0 Å². The third kappa shape index (κ3) is 3.68. The molecular formula is C12H15ClFNO4S. The highest BCUT2D eigenvalue weighted by Gasteiger charge is 2.37. The number of hydrogen-bond acceptors (Lipinski definition) is 3. The quantitative estimate of drug-likeness (QED) is 0.842. The average Bonchev–Trinajstić information content (AvgIpc) is 2.27. The van der Waals surface area contributed by atoms with Gasteiger partial charge in [0.25, 0.3) is 0 Å². The van der Waals surface area contributed by atoms with Crippen molar-refractivity contribution in [2.45, 2.75) is 37.1 Å². The van der Waals surface area contributed by atoms with Gasteiger partial charge in [-0.1, -0.05) is 24.9 Å². The number of sulfonamides is 1. The van der Waals surface area contributed by atoms with Crippen LogP contribution in [-0.4, -0.2) is 25.0 Å². The summed E-state index contributed by atoms with van der Waals surface area (Å²) in [5.74, 6) is -2.36. The minimum absolute atomic E-state index is 0.0519. The lowest BCUT2D eigenvalue weighted by Gasteiger charge is -2.25. The van der Waals surface area contributed by atoms with E-state index in [0.29, 0.717) is 6.42 Å². The molecule has 2 N–H and O–H groups in total. The van der Waals surface area contributed by atoms with Crippen LogP contribution in [-0.2, 0) is 14.8 Å². The summed E-state index contributed by atoms with van der Waals surface area (Å²) in [7, 11) is -4.30. The zero-order valence-corrected chi connectivity index (χ0v) is 12.6. The molecule has 0 aliphatic heterocycles. The van der Waals surface area contributed by atoms with Crippen LogP contribution in [0.15, 0.2) is 23.1 Å². The molecule has 0 heterocycles. The first kappa shape index (κ1) is 16.9. The predicted molar refractivity (Wildman–Crippen MR) is 72.7 cm³/mol. The molecule has 20 heavy (non-hydrogen) atoms. The summed E-state index contributed by atoms with van der Waals surface area (Å²) < 4.78 is 39.9. The van der Waals surface area contributed by atoms with Gasteiger partial charge >= 0.3 is 5.97 Å². The molecule has 0 saturated heterocycles. The summed E-state index contributed by atoms with van der Waals surface area (Å²) in [4.78, 5) is 10.6. The molecule has 0 bridgehead atoms. The monoisotopic (exact) mass is 323 g/mol. The molecule has 1 unspecified atom stereocenters. The molecule has 112 valence electrons. The van der Waals surface area contributed by atoms with Crippen molar-refractivity contribution < 1.29 is 22.7 Å². The lowest BCUT2D eigenvalue weighted by atomic mass is 9.98. The fraction of sp³-hybridized carbons (Fsp3) is 0.417. The fourth-order valence-electron chi connectivity index (χ4n) is 1.75.